The van der Waals surface area contributed by atoms with Crippen molar-refractivity contribution in [3.63, 3.8) is 0 Å². The molecule has 0 atom stereocenters. The minimum atomic E-state index is -0.170. The molecule has 0 aliphatic heterocycles. The third kappa shape index (κ3) is 6.90. The molecular formula is C20H29NO3. The Morgan fingerprint density at radius 3 is 2.29 bits per heavy atom. The summed E-state index contributed by atoms with van der Waals surface area (Å²) in [7, 11) is 0. The number of pyridine rings is 1. The Morgan fingerprint density at radius 1 is 1.04 bits per heavy atom. The minimum Gasteiger partial charge on any atom is -0.489 e. The minimum absolute atomic E-state index is 0.0891. The lowest BCUT2D eigenvalue weighted by atomic mass is 9.91. The lowest BCUT2D eigenvalue weighted by Crippen LogP contribution is -2.43. The Balaban J connectivity index is 1.74. The molecule has 0 saturated heterocycles. The molecule has 1 heterocycles. The molecular weight excluding hydrogens is 302 g/mol. The Kier molecular flexibility index (Phi) is 5.90. The summed E-state index contributed by atoms with van der Waals surface area (Å²) in [5.74, 6) is 6.76. The first kappa shape index (κ1) is 18.8. The highest BCUT2D eigenvalue weighted by atomic mass is 16.5. The SMILES string of the molecule is CC(C)(C)OCC#Cc1ccc(OC2CC(OC(C)(C)C)C2)cn1. The molecule has 0 aromatic carbocycles. The predicted octanol–water partition coefficient (Wildman–Crippen LogP) is 3.97. The fraction of sp³-hybridized carbons (Fsp3) is 0.650. The molecule has 1 saturated carbocycles. The summed E-state index contributed by atoms with van der Waals surface area (Å²) in [5.41, 5.74) is 0.466. The van der Waals surface area contributed by atoms with E-state index in [0.717, 1.165) is 24.3 Å². The van der Waals surface area contributed by atoms with Crippen molar-refractivity contribution in [3.8, 4) is 17.6 Å². The van der Waals surface area contributed by atoms with E-state index in [0.29, 0.717) is 12.7 Å². The van der Waals surface area contributed by atoms with Crippen LogP contribution in [0.5, 0.6) is 5.75 Å². The van der Waals surface area contributed by atoms with Crippen LogP contribution in [0.2, 0.25) is 0 Å². The highest BCUT2D eigenvalue weighted by molar-refractivity contribution is 5.31. The maximum atomic E-state index is 5.91. The Labute approximate surface area is 145 Å². The van der Waals surface area contributed by atoms with Crippen LogP contribution < -0.4 is 4.74 Å². The maximum absolute atomic E-state index is 5.91. The van der Waals surface area contributed by atoms with Gasteiger partial charge >= 0.3 is 0 Å². The third-order valence-corrected chi connectivity index (χ3v) is 3.40. The summed E-state index contributed by atoms with van der Waals surface area (Å²) in [5, 5.41) is 0. The van der Waals surface area contributed by atoms with E-state index in [2.05, 4.69) is 37.6 Å². The van der Waals surface area contributed by atoms with Gasteiger partial charge in [0.25, 0.3) is 0 Å². The molecule has 2 rings (SSSR count). The van der Waals surface area contributed by atoms with Gasteiger partial charge in [0.05, 0.1) is 23.5 Å². The van der Waals surface area contributed by atoms with E-state index in [-0.39, 0.29) is 17.3 Å². The highest BCUT2D eigenvalue weighted by Gasteiger charge is 2.34. The van der Waals surface area contributed by atoms with Crippen molar-refractivity contribution in [1.29, 1.82) is 0 Å². The third-order valence-electron chi connectivity index (χ3n) is 3.40. The summed E-state index contributed by atoms with van der Waals surface area (Å²) in [4.78, 5) is 4.32. The van der Waals surface area contributed by atoms with E-state index >= 15 is 0 Å². The van der Waals surface area contributed by atoms with Crippen molar-refractivity contribution < 1.29 is 14.2 Å². The van der Waals surface area contributed by atoms with E-state index in [4.69, 9.17) is 14.2 Å². The number of hydrogen-bond acceptors (Lipinski definition) is 4. The van der Waals surface area contributed by atoms with Gasteiger partial charge < -0.3 is 14.2 Å². The average molecular weight is 331 g/mol. The molecule has 1 aliphatic rings. The van der Waals surface area contributed by atoms with Crippen LogP contribution in [0, 0.1) is 11.8 Å². The van der Waals surface area contributed by atoms with Crippen molar-refractivity contribution in [3.05, 3.63) is 24.0 Å². The second kappa shape index (κ2) is 7.55. The molecule has 1 fully saturated rings. The van der Waals surface area contributed by atoms with Crippen molar-refractivity contribution in [2.45, 2.75) is 77.8 Å². The lowest BCUT2D eigenvalue weighted by molar-refractivity contribution is -0.126. The molecule has 0 N–H and O–H groups in total. The molecule has 1 aromatic heterocycles. The number of aromatic nitrogens is 1. The van der Waals surface area contributed by atoms with Gasteiger partial charge in [0.2, 0.25) is 0 Å². The second-order valence-corrected chi connectivity index (χ2v) is 8.15. The van der Waals surface area contributed by atoms with Crippen molar-refractivity contribution >= 4 is 0 Å². The molecule has 0 radical (unpaired) electrons. The summed E-state index contributed by atoms with van der Waals surface area (Å²) >= 11 is 0. The first-order valence-corrected chi connectivity index (χ1v) is 8.54. The molecule has 4 heteroatoms. The van der Waals surface area contributed by atoms with Crippen LogP contribution in [-0.4, -0.2) is 35.0 Å². The van der Waals surface area contributed by atoms with Crippen LogP contribution in [0.3, 0.4) is 0 Å². The monoisotopic (exact) mass is 331 g/mol. The van der Waals surface area contributed by atoms with Gasteiger partial charge in [-0.2, -0.15) is 0 Å². The van der Waals surface area contributed by atoms with Crippen LogP contribution in [0.4, 0.5) is 0 Å². The van der Waals surface area contributed by atoms with E-state index < -0.39 is 0 Å². The van der Waals surface area contributed by atoms with Gasteiger partial charge in [-0.15, -0.1) is 0 Å². The maximum Gasteiger partial charge on any atom is 0.138 e. The summed E-state index contributed by atoms with van der Waals surface area (Å²) in [6.07, 6.45) is 4.12. The Bertz CT molecular complexity index is 579. The summed E-state index contributed by atoms with van der Waals surface area (Å²) in [6.45, 7) is 12.7. The highest BCUT2D eigenvalue weighted by Crippen LogP contribution is 2.30. The number of rotatable bonds is 4. The standard InChI is InChI=1S/C20H29NO3/c1-19(2,3)22-11-7-8-15-9-10-16(14-21-15)23-17-12-18(13-17)24-20(4,5)6/h9-10,14,17-18H,11-13H2,1-6H3. The van der Waals surface area contributed by atoms with Gasteiger partial charge in [-0.25, -0.2) is 4.98 Å². The van der Waals surface area contributed by atoms with Crippen molar-refractivity contribution in [1.82, 2.24) is 4.98 Å². The molecule has 4 nitrogen and oxygen atoms in total. The average Bonchev–Trinajstić information content (AvgIpc) is 2.40. The van der Waals surface area contributed by atoms with Crippen LogP contribution in [0.15, 0.2) is 18.3 Å². The van der Waals surface area contributed by atoms with Gasteiger partial charge in [0.1, 0.15) is 24.2 Å². The molecule has 132 valence electrons. The lowest BCUT2D eigenvalue weighted by Gasteiger charge is -2.39. The largest absolute Gasteiger partial charge is 0.489 e. The topological polar surface area (TPSA) is 40.6 Å². The zero-order chi connectivity index (χ0) is 17.8. The van der Waals surface area contributed by atoms with E-state index in [9.17, 15) is 0 Å². The van der Waals surface area contributed by atoms with Gasteiger partial charge in [-0.1, -0.05) is 5.92 Å². The molecule has 0 amide bonds. The zero-order valence-electron chi connectivity index (χ0n) is 15.7. The molecule has 24 heavy (non-hydrogen) atoms. The van der Waals surface area contributed by atoms with Crippen LogP contribution in [0.1, 0.15) is 60.1 Å². The predicted molar refractivity (Wildman–Crippen MR) is 95.1 cm³/mol. The smallest absolute Gasteiger partial charge is 0.138 e. The molecule has 0 unspecified atom stereocenters. The second-order valence-electron chi connectivity index (χ2n) is 8.15. The Morgan fingerprint density at radius 2 is 1.75 bits per heavy atom. The first-order chi connectivity index (χ1) is 11.1. The van der Waals surface area contributed by atoms with Crippen LogP contribution in [0.25, 0.3) is 0 Å². The van der Waals surface area contributed by atoms with Crippen molar-refractivity contribution in [2.75, 3.05) is 6.61 Å². The number of hydrogen-bond donors (Lipinski definition) is 0. The van der Waals surface area contributed by atoms with Gasteiger partial charge in [0.15, 0.2) is 0 Å². The molecule has 1 aromatic rings. The molecule has 1 aliphatic carbocycles. The fourth-order valence-corrected chi connectivity index (χ4v) is 2.31. The van der Waals surface area contributed by atoms with E-state index in [1.165, 1.54) is 0 Å². The van der Waals surface area contributed by atoms with Gasteiger partial charge in [-0.3, -0.25) is 0 Å². The quantitative estimate of drug-likeness (QED) is 0.783. The summed E-state index contributed by atoms with van der Waals surface area (Å²) in [6, 6.07) is 3.79. The van der Waals surface area contributed by atoms with E-state index in [1.807, 2.05) is 32.9 Å². The normalized spacial score (nSPS) is 20.8. The Hall–Kier alpha value is -1.57. The number of nitrogens with zero attached hydrogens (tertiary/aromatic N) is 1. The van der Waals surface area contributed by atoms with Crippen molar-refractivity contribution in [2.24, 2.45) is 0 Å². The molecule has 0 spiro atoms. The zero-order valence-corrected chi connectivity index (χ0v) is 15.7. The van der Waals surface area contributed by atoms with Crippen LogP contribution >= 0.6 is 0 Å². The fourth-order valence-electron chi connectivity index (χ4n) is 2.31. The molecule has 0 bridgehead atoms. The number of ether oxygens (including phenoxy) is 3. The van der Waals surface area contributed by atoms with E-state index in [1.54, 1.807) is 6.20 Å². The van der Waals surface area contributed by atoms with Gasteiger partial charge in [-0.05, 0) is 59.6 Å². The first-order valence-electron chi connectivity index (χ1n) is 8.54. The van der Waals surface area contributed by atoms with Crippen LogP contribution in [-0.2, 0) is 9.47 Å². The summed E-state index contributed by atoms with van der Waals surface area (Å²) < 4.78 is 17.4. The van der Waals surface area contributed by atoms with Gasteiger partial charge in [0, 0.05) is 12.8 Å².